The maximum Gasteiger partial charge on any atom is 0.249 e. The van der Waals surface area contributed by atoms with Gasteiger partial charge in [0.25, 0.3) is 0 Å². The van der Waals surface area contributed by atoms with E-state index in [0.29, 0.717) is 23.3 Å². The molecule has 1 aromatic heterocycles. The molecule has 0 amide bonds. The highest BCUT2D eigenvalue weighted by Crippen LogP contribution is 2.26. The number of aromatic nitrogens is 2. The second-order valence-corrected chi connectivity index (χ2v) is 5.60. The number of benzene rings is 1. The van der Waals surface area contributed by atoms with Crippen LogP contribution in [-0.4, -0.2) is 52.7 Å². The minimum atomic E-state index is 0.489. The average molecular weight is 307 g/mol. The summed E-state index contributed by atoms with van der Waals surface area (Å²) < 4.78 is 5.74. The van der Waals surface area contributed by atoms with Crippen molar-refractivity contribution in [3.8, 4) is 11.5 Å². The Balaban J connectivity index is 1.65. The number of likely N-dealkylation sites (N-methyl/N-ethyl adjacent to an activating group) is 1. The van der Waals surface area contributed by atoms with E-state index in [1.807, 2.05) is 24.3 Å². The van der Waals surface area contributed by atoms with Gasteiger partial charge < -0.3 is 9.32 Å². The number of nitrogens with zero attached hydrogens (tertiary/aromatic N) is 4. The largest absolute Gasteiger partial charge is 0.419 e. The second kappa shape index (κ2) is 6.56. The van der Waals surface area contributed by atoms with Crippen molar-refractivity contribution in [3.05, 3.63) is 35.2 Å². The topological polar surface area (TPSA) is 45.4 Å². The van der Waals surface area contributed by atoms with Crippen LogP contribution in [0.25, 0.3) is 11.5 Å². The van der Waals surface area contributed by atoms with Gasteiger partial charge in [0.1, 0.15) is 0 Å². The van der Waals surface area contributed by atoms with Crippen LogP contribution in [-0.2, 0) is 6.54 Å². The summed E-state index contributed by atoms with van der Waals surface area (Å²) in [5.41, 5.74) is 0.786. The van der Waals surface area contributed by atoms with Crippen LogP contribution in [0.4, 0.5) is 0 Å². The van der Waals surface area contributed by atoms with Crippen LogP contribution in [0.5, 0.6) is 0 Å². The van der Waals surface area contributed by atoms with Crippen molar-refractivity contribution in [2.75, 3.05) is 32.7 Å². The van der Waals surface area contributed by atoms with Gasteiger partial charge in [-0.1, -0.05) is 30.7 Å². The second-order valence-electron chi connectivity index (χ2n) is 5.19. The van der Waals surface area contributed by atoms with Gasteiger partial charge >= 0.3 is 0 Å². The summed E-state index contributed by atoms with van der Waals surface area (Å²) >= 11 is 6.15. The smallest absolute Gasteiger partial charge is 0.249 e. The van der Waals surface area contributed by atoms with Crippen molar-refractivity contribution in [2.24, 2.45) is 0 Å². The average Bonchev–Trinajstić information content (AvgIpc) is 2.97. The van der Waals surface area contributed by atoms with Crippen LogP contribution in [0.2, 0.25) is 5.02 Å². The first-order chi connectivity index (χ1) is 10.3. The summed E-state index contributed by atoms with van der Waals surface area (Å²) in [7, 11) is 0. The van der Waals surface area contributed by atoms with Gasteiger partial charge in [-0.2, -0.15) is 0 Å². The molecule has 1 fully saturated rings. The minimum absolute atomic E-state index is 0.489. The molecule has 5 nitrogen and oxygen atoms in total. The van der Waals surface area contributed by atoms with Crippen molar-refractivity contribution in [3.63, 3.8) is 0 Å². The van der Waals surface area contributed by atoms with Crippen molar-refractivity contribution in [1.29, 1.82) is 0 Å². The fourth-order valence-electron chi connectivity index (χ4n) is 2.52. The van der Waals surface area contributed by atoms with Crippen LogP contribution in [0.15, 0.2) is 28.7 Å². The molecule has 1 saturated heterocycles. The fraction of sp³-hybridized carbons (Fsp3) is 0.467. The number of halogens is 1. The molecule has 1 aromatic carbocycles. The fourth-order valence-corrected chi connectivity index (χ4v) is 2.73. The molecule has 1 aliphatic rings. The van der Waals surface area contributed by atoms with Gasteiger partial charge in [-0.25, -0.2) is 0 Å². The third-order valence-corrected chi connectivity index (χ3v) is 4.17. The Labute approximate surface area is 129 Å². The van der Waals surface area contributed by atoms with Gasteiger partial charge in [-0.15, -0.1) is 10.2 Å². The normalized spacial score (nSPS) is 17.2. The Morgan fingerprint density at radius 2 is 1.81 bits per heavy atom. The molecular weight excluding hydrogens is 288 g/mol. The molecule has 112 valence electrons. The molecule has 0 unspecified atom stereocenters. The number of piperazine rings is 1. The monoisotopic (exact) mass is 306 g/mol. The SMILES string of the molecule is CCN1CCN(Cc2nnc(-c3ccccc3Cl)o2)CC1. The molecule has 0 spiro atoms. The standard InChI is InChI=1S/C15H19ClN4O/c1-2-19-7-9-20(10-8-19)11-14-17-18-15(21-14)12-5-3-4-6-13(12)16/h3-6H,2,7-11H2,1H3. The number of rotatable bonds is 4. The molecule has 3 rings (SSSR count). The molecule has 0 saturated carbocycles. The lowest BCUT2D eigenvalue weighted by Gasteiger charge is -2.33. The molecule has 0 aliphatic carbocycles. The summed E-state index contributed by atoms with van der Waals surface area (Å²) in [6.45, 7) is 8.29. The maximum atomic E-state index is 6.15. The van der Waals surface area contributed by atoms with Gasteiger partial charge in [-0.05, 0) is 18.7 Å². The van der Waals surface area contributed by atoms with Gasteiger partial charge in [0.05, 0.1) is 17.1 Å². The summed E-state index contributed by atoms with van der Waals surface area (Å²) in [6, 6.07) is 7.51. The molecule has 0 atom stereocenters. The van der Waals surface area contributed by atoms with Crippen LogP contribution < -0.4 is 0 Å². The van der Waals surface area contributed by atoms with E-state index in [0.717, 1.165) is 38.3 Å². The zero-order valence-electron chi connectivity index (χ0n) is 12.1. The van der Waals surface area contributed by atoms with E-state index >= 15 is 0 Å². The van der Waals surface area contributed by atoms with Crippen molar-refractivity contribution >= 4 is 11.6 Å². The molecule has 2 aromatic rings. The zero-order valence-corrected chi connectivity index (χ0v) is 12.9. The summed E-state index contributed by atoms with van der Waals surface area (Å²) in [5.74, 6) is 1.14. The predicted molar refractivity (Wildman–Crippen MR) is 82.1 cm³/mol. The van der Waals surface area contributed by atoms with Gasteiger partial charge in [-0.3, -0.25) is 4.90 Å². The highest BCUT2D eigenvalue weighted by Gasteiger charge is 2.18. The Hall–Kier alpha value is -1.43. The molecule has 0 bridgehead atoms. The van der Waals surface area contributed by atoms with Crippen LogP contribution in [0.3, 0.4) is 0 Å². The third-order valence-electron chi connectivity index (χ3n) is 3.84. The Bertz CT molecular complexity index is 593. The van der Waals surface area contributed by atoms with E-state index in [1.165, 1.54) is 0 Å². The van der Waals surface area contributed by atoms with Crippen molar-refractivity contribution in [2.45, 2.75) is 13.5 Å². The zero-order chi connectivity index (χ0) is 14.7. The Morgan fingerprint density at radius 3 is 2.52 bits per heavy atom. The van der Waals surface area contributed by atoms with E-state index in [1.54, 1.807) is 0 Å². The lowest BCUT2D eigenvalue weighted by molar-refractivity contribution is 0.124. The van der Waals surface area contributed by atoms with E-state index < -0.39 is 0 Å². The number of hydrogen-bond donors (Lipinski definition) is 0. The molecule has 21 heavy (non-hydrogen) atoms. The summed E-state index contributed by atoms with van der Waals surface area (Å²) in [5, 5.41) is 8.87. The van der Waals surface area contributed by atoms with Gasteiger partial charge in [0, 0.05) is 26.2 Å². The van der Waals surface area contributed by atoms with Gasteiger partial charge in [0.15, 0.2) is 0 Å². The number of hydrogen-bond acceptors (Lipinski definition) is 5. The predicted octanol–water partition coefficient (Wildman–Crippen LogP) is 2.53. The molecular formula is C15H19ClN4O. The molecule has 1 aliphatic heterocycles. The summed E-state index contributed by atoms with van der Waals surface area (Å²) in [6.07, 6.45) is 0. The molecule has 0 N–H and O–H groups in total. The lowest BCUT2D eigenvalue weighted by atomic mass is 10.2. The van der Waals surface area contributed by atoms with Crippen LogP contribution in [0.1, 0.15) is 12.8 Å². The first kappa shape index (κ1) is 14.5. The van der Waals surface area contributed by atoms with Crippen molar-refractivity contribution < 1.29 is 4.42 Å². The van der Waals surface area contributed by atoms with Gasteiger partial charge in [0.2, 0.25) is 11.8 Å². The first-order valence-electron chi connectivity index (χ1n) is 7.28. The van der Waals surface area contributed by atoms with E-state index in [-0.39, 0.29) is 0 Å². The highest BCUT2D eigenvalue weighted by molar-refractivity contribution is 6.33. The molecule has 0 radical (unpaired) electrons. The third kappa shape index (κ3) is 3.43. The van der Waals surface area contributed by atoms with Crippen LogP contribution in [0, 0.1) is 0 Å². The van der Waals surface area contributed by atoms with E-state index in [4.69, 9.17) is 16.0 Å². The molecule has 2 heterocycles. The van der Waals surface area contributed by atoms with Crippen molar-refractivity contribution in [1.82, 2.24) is 20.0 Å². The Morgan fingerprint density at radius 1 is 1.10 bits per heavy atom. The highest BCUT2D eigenvalue weighted by atomic mass is 35.5. The minimum Gasteiger partial charge on any atom is -0.419 e. The quantitative estimate of drug-likeness (QED) is 0.868. The lowest BCUT2D eigenvalue weighted by Crippen LogP contribution is -2.45. The maximum absolute atomic E-state index is 6.15. The first-order valence-corrected chi connectivity index (χ1v) is 7.66. The molecule has 6 heteroatoms. The summed E-state index contributed by atoms with van der Waals surface area (Å²) in [4.78, 5) is 4.79. The van der Waals surface area contributed by atoms with Crippen LogP contribution >= 0.6 is 11.6 Å². The Kier molecular flexibility index (Phi) is 4.53. The van der Waals surface area contributed by atoms with E-state index in [2.05, 4.69) is 26.9 Å². The van der Waals surface area contributed by atoms with E-state index in [9.17, 15) is 0 Å².